The number of benzene rings is 7. The number of aromatic nitrogens is 4. The lowest BCUT2D eigenvalue weighted by atomic mass is 9.82. The molecule has 11 rings (SSSR count). The Hall–Kier alpha value is -6.98. The minimum absolute atomic E-state index is 0.00237. The molecule has 5 nitrogen and oxygen atoms in total. The number of rotatable bonds is 4. The van der Waals surface area contributed by atoms with E-state index in [0.717, 1.165) is 44.5 Å². The highest BCUT2D eigenvalue weighted by Crippen LogP contribution is 2.52. The first kappa shape index (κ1) is 30.6. The van der Waals surface area contributed by atoms with Crippen LogP contribution in [0.1, 0.15) is 40.9 Å². The Bertz CT molecular complexity index is 2970. The van der Waals surface area contributed by atoms with E-state index in [-0.39, 0.29) is 11.2 Å². The summed E-state index contributed by atoms with van der Waals surface area (Å²) in [6, 6.07) is 54.1. The van der Waals surface area contributed by atoms with E-state index in [0.29, 0.717) is 28.6 Å². The summed E-state index contributed by atoms with van der Waals surface area (Å²) in [6.45, 7) is 4.64. The van der Waals surface area contributed by atoms with Crippen LogP contribution in [0.2, 0.25) is 0 Å². The van der Waals surface area contributed by atoms with Gasteiger partial charge in [0, 0.05) is 55.1 Å². The van der Waals surface area contributed by atoms with Gasteiger partial charge in [0.2, 0.25) is 0 Å². The molecule has 2 aliphatic rings. The summed E-state index contributed by atoms with van der Waals surface area (Å²) in [5, 5.41) is 2.36. The Balaban J connectivity index is 1.19. The molecule has 0 unspecified atom stereocenters. The molecule has 2 aliphatic carbocycles. The molecule has 2 heterocycles. The third-order valence-electron chi connectivity index (χ3n) is 11.4. The van der Waals surface area contributed by atoms with Gasteiger partial charge in [-0.2, -0.15) is 0 Å². The Labute approximate surface area is 312 Å². The van der Waals surface area contributed by atoms with Crippen molar-refractivity contribution in [2.45, 2.75) is 19.3 Å². The Kier molecular flexibility index (Phi) is 6.39. The molecule has 0 saturated heterocycles. The van der Waals surface area contributed by atoms with Gasteiger partial charge < -0.3 is 4.57 Å². The van der Waals surface area contributed by atoms with Gasteiger partial charge in [0.25, 0.3) is 0 Å². The Morgan fingerprint density at radius 3 is 1.76 bits per heavy atom. The summed E-state index contributed by atoms with van der Waals surface area (Å²) in [6.07, 6.45) is 0. The molecule has 0 aliphatic heterocycles. The van der Waals surface area contributed by atoms with Crippen molar-refractivity contribution in [3.8, 4) is 62.1 Å². The normalized spacial score (nSPS) is 13.6. The molecule has 0 bridgehead atoms. The first-order valence-corrected chi connectivity index (χ1v) is 18.3. The lowest BCUT2D eigenvalue weighted by molar-refractivity contribution is 0.104. The lowest BCUT2D eigenvalue weighted by Crippen LogP contribution is -2.15. The number of para-hydroxylation sites is 1. The van der Waals surface area contributed by atoms with Gasteiger partial charge in [-0.15, -0.1) is 0 Å². The standard InChI is InChI=1S/C49H32N4O/c1-49(2)38-24-11-9-19-31(38)36-27-37-32-20-10-12-25-40(32)53(42(37)28-39(36)49)41-26-14-22-34-44(41)43-33(45(34)54)21-13-23-35(43)48-51-46(29-15-5-3-6-16-29)50-47(52-48)30-17-7-4-8-18-30/h3-28H,1-2H3. The van der Waals surface area contributed by atoms with Crippen LogP contribution in [-0.4, -0.2) is 25.3 Å². The summed E-state index contributed by atoms with van der Waals surface area (Å²) >= 11 is 0. The fraction of sp³-hybridized carbons (Fsp3) is 0.0612. The van der Waals surface area contributed by atoms with Crippen molar-refractivity contribution < 1.29 is 4.79 Å². The number of hydrogen-bond donors (Lipinski definition) is 0. The second-order valence-corrected chi connectivity index (χ2v) is 14.7. The fourth-order valence-corrected chi connectivity index (χ4v) is 8.87. The van der Waals surface area contributed by atoms with Gasteiger partial charge in [-0.05, 0) is 46.5 Å². The zero-order chi connectivity index (χ0) is 36.1. The molecule has 0 radical (unpaired) electrons. The van der Waals surface area contributed by atoms with Crippen LogP contribution < -0.4 is 0 Å². The minimum atomic E-state index is -0.165. The maximum atomic E-state index is 14.4. The first-order chi connectivity index (χ1) is 26.5. The van der Waals surface area contributed by atoms with E-state index in [1.807, 2.05) is 91.0 Å². The smallest absolute Gasteiger partial charge is 0.194 e. The Morgan fingerprint density at radius 2 is 1.02 bits per heavy atom. The van der Waals surface area contributed by atoms with Gasteiger partial charge in [-0.25, -0.2) is 15.0 Å². The van der Waals surface area contributed by atoms with Crippen LogP contribution in [-0.2, 0) is 5.41 Å². The van der Waals surface area contributed by atoms with E-state index >= 15 is 0 Å². The zero-order valence-electron chi connectivity index (χ0n) is 29.7. The lowest BCUT2D eigenvalue weighted by Gasteiger charge is -2.22. The SMILES string of the molecule is CC1(C)c2ccccc2-c2cc3c4ccccc4n(-c4cccc5c4-c4c(cccc4-c4nc(-c6ccccc6)nc(-c6ccccc6)n4)C5=O)c3cc21. The largest absolute Gasteiger partial charge is 0.309 e. The van der Waals surface area contributed by atoms with Gasteiger partial charge in [0.15, 0.2) is 23.3 Å². The molecule has 0 saturated carbocycles. The second-order valence-electron chi connectivity index (χ2n) is 14.7. The predicted molar refractivity (Wildman–Crippen MR) is 217 cm³/mol. The van der Waals surface area contributed by atoms with Crippen LogP contribution in [0.5, 0.6) is 0 Å². The summed E-state index contributed by atoms with van der Waals surface area (Å²) in [4.78, 5) is 29.5. The zero-order valence-corrected chi connectivity index (χ0v) is 29.7. The Morgan fingerprint density at radius 1 is 0.444 bits per heavy atom. The molecule has 5 heteroatoms. The molecular formula is C49H32N4O. The number of carbonyl (C=O) groups is 1. The maximum Gasteiger partial charge on any atom is 0.194 e. The maximum absolute atomic E-state index is 14.4. The highest BCUT2D eigenvalue weighted by atomic mass is 16.1. The van der Waals surface area contributed by atoms with Crippen LogP contribution in [0.3, 0.4) is 0 Å². The van der Waals surface area contributed by atoms with Crippen molar-refractivity contribution in [3.05, 3.63) is 180 Å². The van der Waals surface area contributed by atoms with Crippen molar-refractivity contribution in [2.75, 3.05) is 0 Å². The molecule has 0 amide bonds. The predicted octanol–water partition coefficient (Wildman–Crippen LogP) is 11.5. The fourth-order valence-electron chi connectivity index (χ4n) is 8.87. The summed E-state index contributed by atoms with van der Waals surface area (Å²) in [5.41, 5.74) is 13.9. The van der Waals surface area contributed by atoms with Crippen molar-refractivity contribution in [1.29, 1.82) is 0 Å². The molecule has 0 spiro atoms. The highest BCUT2D eigenvalue weighted by Gasteiger charge is 2.37. The summed E-state index contributed by atoms with van der Waals surface area (Å²) in [7, 11) is 0. The van der Waals surface area contributed by atoms with Crippen LogP contribution in [0.15, 0.2) is 158 Å². The van der Waals surface area contributed by atoms with Crippen molar-refractivity contribution >= 4 is 27.6 Å². The molecule has 0 fully saturated rings. The van der Waals surface area contributed by atoms with Gasteiger partial charge in [-0.1, -0.05) is 147 Å². The first-order valence-electron chi connectivity index (χ1n) is 18.3. The summed E-state index contributed by atoms with van der Waals surface area (Å²) in [5.74, 6) is 1.68. The number of fused-ring (bicyclic) bond motifs is 9. The van der Waals surface area contributed by atoms with E-state index in [9.17, 15) is 4.79 Å². The number of nitrogens with zero attached hydrogens (tertiary/aromatic N) is 4. The topological polar surface area (TPSA) is 60.7 Å². The average Bonchev–Trinajstić information content (AvgIpc) is 3.80. The van der Waals surface area contributed by atoms with Crippen LogP contribution >= 0.6 is 0 Å². The number of hydrogen-bond acceptors (Lipinski definition) is 4. The molecule has 7 aromatic carbocycles. The van der Waals surface area contributed by atoms with Crippen LogP contribution in [0.25, 0.3) is 83.9 Å². The molecular weight excluding hydrogens is 661 g/mol. The van der Waals surface area contributed by atoms with Gasteiger partial charge in [0.05, 0.1) is 16.7 Å². The van der Waals surface area contributed by atoms with Crippen LogP contribution in [0.4, 0.5) is 0 Å². The minimum Gasteiger partial charge on any atom is -0.309 e. The van der Waals surface area contributed by atoms with Crippen molar-refractivity contribution in [2.24, 2.45) is 0 Å². The van der Waals surface area contributed by atoms with E-state index in [2.05, 4.69) is 85.1 Å². The van der Waals surface area contributed by atoms with Crippen LogP contribution in [0, 0.1) is 0 Å². The monoisotopic (exact) mass is 692 g/mol. The molecule has 2 aromatic heterocycles. The van der Waals surface area contributed by atoms with E-state index in [1.54, 1.807) is 0 Å². The number of carbonyl (C=O) groups excluding carboxylic acids is 1. The third-order valence-corrected chi connectivity index (χ3v) is 11.4. The second kappa shape index (κ2) is 11.3. The molecule has 9 aromatic rings. The molecule has 54 heavy (non-hydrogen) atoms. The third kappa shape index (κ3) is 4.26. The van der Waals surface area contributed by atoms with E-state index < -0.39 is 0 Å². The molecule has 254 valence electrons. The van der Waals surface area contributed by atoms with Crippen molar-refractivity contribution in [3.63, 3.8) is 0 Å². The van der Waals surface area contributed by atoms with Gasteiger partial charge in [0.1, 0.15) is 0 Å². The van der Waals surface area contributed by atoms with Gasteiger partial charge >= 0.3 is 0 Å². The van der Waals surface area contributed by atoms with Gasteiger partial charge in [-0.3, -0.25) is 4.79 Å². The number of ketones is 1. The summed E-state index contributed by atoms with van der Waals surface area (Å²) < 4.78 is 2.36. The van der Waals surface area contributed by atoms with E-state index in [1.165, 1.54) is 33.0 Å². The quantitative estimate of drug-likeness (QED) is 0.184. The van der Waals surface area contributed by atoms with E-state index in [4.69, 9.17) is 15.0 Å². The van der Waals surface area contributed by atoms with Crippen molar-refractivity contribution in [1.82, 2.24) is 19.5 Å². The molecule has 0 atom stereocenters. The average molecular weight is 693 g/mol. The molecule has 0 N–H and O–H groups in total. The highest BCUT2D eigenvalue weighted by molar-refractivity contribution is 6.25.